The van der Waals surface area contributed by atoms with Gasteiger partial charge < -0.3 is 14.6 Å². The highest BCUT2D eigenvalue weighted by Crippen LogP contribution is 2.21. The van der Waals surface area contributed by atoms with Crippen molar-refractivity contribution >= 4 is 18.3 Å². The van der Waals surface area contributed by atoms with Gasteiger partial charge in [0.15, 0.2) is 0 Å². The van der Waals surface area contributed by atoms with Gasteiger partial charge in [-0.05, 0) is 55.4 Å². The van der Waals surface area contributed by atoms with Crippen LogP contribution >= 0.6 is 0 Å². The number of carbonyl (C=O) groups excluding carboxylic acids is 1. The van der Waals surface area contributed by atoms with Gasteiger partial charge in [0.25, 0.3) is 0 Å². The summed E-state index contributed by atoms with van der Waals surface area (Å²) in [5, 5.41) is 11.3. The van der Waals surface area contributed by atoms with Crippen LogP contribution in [0.3, 0.4) is 0 Å². The number of aryl methyl sites for hydroxylation is 1. The third kappa shape index (κ3) is 6.29. The monoisotopic (exact) mass is 346 g/mol. The first-order chi connectivity index (χ1) is 11.8. The Morgan fingerprint density at radius 3 is 2.48 bits per heavy atom. The van der Waals surface area contributed by atoms with Crippen LogP contribution in [0.15, 0.2) is 23.8 Å². The Kier molecular flexibility index (Phi) is 8.26. The zero-order chi connectivity index (χ0) is 19.0. The Morgan fingerprint density at radius 1 is 1.28 bits per heavy atom. The van der Waals surface area contributed by atoms with Crippen molar-refractivity contribution in [1.29, 1.82) is 0 Å². The van der Waals surface area contributed by atoms with Crippen LogP contribution in [0.1, 0.15) is 39.2 Å². The van der Waals surface area contributed by atoms with Crippen molar-refractivity contribution in [3.63, 3.8) is 0 Å². The summed E-state index contributed by atoms with van der Waals surface area (Å²) < 4.78 is 10.1. The maximum atomic E-state index is 11.3. The Balaban J connectivity index is 3.18. The van der Waals surface area contributed by atoms with Gasteiger partial charge in [-0.25, -0.2) is 4.79 Å². The molecule has 1 aromatic rings. The normalized spacial score (nSPS) is 14.8. The minimum absolute atomic E-state index is 0.311. The van der Waals surface area contributed by atoms with Crippen molar-refractivity contribution in [3.8, 4) is 5.75 Å². The molecular formula is C21H30O4. The van der Waals surface area contributed by atoms with Gasteiger partial charge >= 0.3 is 5.97 Å². The minimum Gasteiger partial charge on any atom is -0.515 e. The van der Waals surface area contributed by atoms with E-state index in [-0.39, 0.29) is 5.97 Å². The van der Waals surface area contributed by atoms with E-state index in [1.165, 1.54) is 7.11 Å². The number of hydrogen-bond donors (Lipinski definition) is 1. The standard InChI is InChI=1S/C21H30O4/c1-14(2)17(8-7-15(3)11-21(23)25-6)12-18-9-16(4)10-20(24-5)19(18)13-22/h9-14,17,22H,7-8H2,1-6H3/b15-11+,18-12+,19-13-. The van der Waals surface area contributed by atoms with E-state index in [1.807, 2.05) is 19.9 Å². The first-order valence-corrected chi connectivity index (χ1v) is 8.58. The number of hydrogen-bond acceptors (Lipinski definition) is 4. The molecule has 0 bridgehead atoms. The van der Waals surface area contributed by atoms with E-state index >= 15 is 0 Å². The molecule has 0 heterocycles. The highest BCUT2D eigenvalue weighted by Gasteiger charge is 2.12. The molecule has 0 aliphatic carbocycles. The molecule has 4 heteroatoms. The number of carbonyl (C=O) groups is 1. The van der Waals surface area contributed by atoms with E-state index < -0.39 is 0 Å². The van der Waals surface area contributed by atoms with Gasteiger partial charge in [0, 0.05) is 6.08 Å². The minimum atomic E-state index is -0.317. The summed E-state index contributed by atoms with van der Waals surface area (Å²) in [6, 6.07) is 3.96. The number of benzene rings is 1. The van der Waals surface area contributed by atoms with Gasteiger partial charge in [0.05, 0.1) is 25.7 Å². The summed E-state index contributed by atoms with van der Waals surface area (Å²) in [6.45, 7) is 8.30. The third-order valence-corrected chi connectivity index (χ3v) is 4.35. The van der Waals surface area contributed by atoms with E-state index in [1.54, 1.807) is 13.2 Å². The zero-order valence-corrected chi connectivity index (χ0v) is 16.1. The SMILES string of the molecule is COC(=O)/C=C(\C)CCC(/C=c1\cc(C)cc(OC)\c1=C/O)C(C)C. The lowest BCUT2D eigenvalue weighted by molar-refractivity contribution is -0.134. The molecule has 1 unspecified atom stereocenters. The highest BCUT2D eigenvalue weighted by atomic mass is 16.5. The van der Waals surface area contributed by atoms with Gasteiger partial charge in [-0.3, -0.25) is 0 Å². The average Bonchev–Trinajstić information content (AvgIpc) is 2.57. The predicted molar refractivity (Wildman–Crippen MR) is 102 cm³/mol. The molecule has 0 aromatic heterocycles. The summed E-state index contributed by atoms with van der Waals surface area (Å²) >= 11 is 0. The molecule has 25 heavy (non-hydrogen) atoms. The Hall–Kier alpha value is -2.23. The number of aliphatic hydroxyl groups is 1. The number of rotatable bonds is 7. The summed E-state index contributed by atoms with van der Waals surface area (Å²) in [5.41, 5.74) is 2.08. The molecule has 4 nitrogen and oxygen atoms in total. The molecule has 1 rings (SSSR count). The van der Waals surface area contributed by atoms with Crippen LogP contribution in [0, 0.1) is 18.8 Å². The van der Waals surface area contributed by atoms with Gasteiger partial charge in [0.1, 0.15) is 5.75 Å². The van der Waals surface area contributed by atoms with Crippen LogP contribution < -0.4 is 15.2 Å². The molecule has 0 aliphatic heterocycles. The fourth-order valence-corrected chi connectivity index (χ4v) is 2.80. The molecule has 138 valence electrons. The summed E-state index contributed by atoms with van der Waals surface area (Å²) in [7, 11) is 2.99. The largest absolute Gasteiger partial charge is 0.515 e. The van der Waals surface area contributed by atoms with Gasteiger partial charge in [-0.15, -0.1) is 0 Å². The smallest absolute Gasteiger partial charge is 0.330 e. The lowest BCUT2D eigenvalue weighted by Gasteiger charge is -2.17. The molecular weight excluding hydrogens is 316 g/mol. The summed E-state index contributed by atoms with van der Waals surface area (Å²) in [5.74, 6) is 1.09. The van der Waals surface area contributed by atoms with Crippen LogP contribution in [0.25, 0.3) is 12.3 Å². The van der Waals surface area contributed by atoms with Crippen molar-refractivity contribution in [2.75, 3.05) is 14.2 Å². The quantitative estimate of drug-likeness (QED) is 0.608. The van der Waals surface area contributed by atoms with E-state index in [2.05, 4.69) is 30.7 Å². The average molecular weight is 346 g/mol. The van der Waals surface area contributed by atoms with E-state index in [4.69, 9.17) is 4.74 Å². The summed E-state index contributed by atoms with van der Waals surface area (Å²) in [6.07, 6.45) is 6.56. The second-order valence-corrected chi connectivity index (χ2v) is 6.73. The number of methoxy groups -OCH3 is 2. The molecule has 0 amide bonds. The van der Waals surface area contributed by atoms with Gasteiger partial charge in [0.2, 0.25) is 0 Å². The fraction of sp³-hybridized carbons (Fsp3) is 0.476. The lowest BCUT2D eigenvalue weighted by Crippen LogP contribution is -2.28. The van der Waals surface area contributed by atoms with Crippen LogP contribution in [0.4, 0.5) is 0 Å². The number of ether oxygens (including phenoxy) is 2. The van der Waals surface area contributed by atoms with Crippen molar-refractivity contribution in [2.24, 2.45) is 11.8 Å². The molecule has 1 aromatic carbocycles. The molecule has 0 aliphatic rings. The Bertz CT molecular complexity index is 729. The van der Waals surface area contributed by atoms with Crippen LogP contribution in [0.5, 0.6) is 5.75 Å². The molecule has 0 saturated heterocycles. The van der Waals surface area contributed by atoms with Crippen molar-refractivity contribution in [3.05, 3.63) is 39.8 Å². The Labute approximate surface area is 150 Å². The molecule has 1 atom stereocenters. The molecule has 1 N–H and O–H groups in total. The maximum Gasteiger partial charge on any atom is 0.330 e. The van der Waals surface area contributed by atoms with Crippen LogP contribution in [-0.4, -0.2) is 25.3 Å². The second-order valence-electron chi connectivity index (χ2n) is 6.73. The van der Waals surface area contributed by atoms with Gasteiger partial charge in [-0.1, -0.05) is 31.6 Å². The van der Waals surface area contributed by atoms with E-state index in [9.17, 15) is 9.90 Å². The topological polar surface area (TPSA) is 55.8 Å². The first kappa shape index (κ1) is 20.8. The van der Waals surface area contributed by atoms with Crippen molar-refractivity contribution < 1.29 is 19.4 Å². The van der Waals surface area contributed by atoms with Crippen molar-refractivity contribution in [1.82, 2.24) is 0 Å². The lowest BCUT2D eigenvalue weighted by atomic mass is 9.88. The van der Waals surface area contributed by atoms with E-state index in [0.29, 0.717) is 22.8 Å². The number of esters is 1. The summed E-state index contributed by atoms with van der Waals surface area (Å²) in [4.78, 5) is 11.3. The van der Waals surface area contributed by atoms with Crippen molar-refractivity contribution in [2.45, 2.75) is 40.5 Å². The first-order valence-electron chi connectivity index (χ1n) is 8.58. The molecule has 0 radical (unpaired) electrons. The second kappa shape index (κ2) is 9.92. The number of aliphatic hydroxyl groups excluding tert-OH is 1. The maximum absolute atomic E-state index is 11.3. The number of allylic oxidation sites excluding steroid dienone is 1. The van der Waals surface area contributed by atoms with Crippen LogP contribution in [0.2, 0.25) is 0 Å². The fourth-order valence-electron chi connectivity index (χ4n) is 2.80. The van der Waals surface area contributed by atoms with E-state index in [0.717, 1.165) is 35.5 Å². The molecule has 0 spiro atoms. The zero-order valence-electron chi connectivity index (χ0n) is 16.1. The third-order valence-electron chi connectivity index (χ3n) is 4.35. The highest BCUT2D eigenvalue weighted by molar-refractivity contribution is 5.82. The predicted octanol–water partition coefficient (Wildman–Crippen LogP) is 3.25. The molecule has 0 saturated carbocycles. The molecule has 0 fully saturated rings. The van der Waals surface area contributed by atoms with Crippen LogP contribution in [-0.2, 0) is 9.53 Å². The van der Waals surface area contributed by atoms with Gasteiger partial charge in [-0.2, -0.15) is 0 Å². The Morgan fingerprint density at radius 2 is 1.96 bits per heavy atom.